The van der Waals surface area contributed by atoms with Gasteiger partial charge in [0.25, 0.3) is 5.91 Å². The van der Waals surface area contributed by atoms with Crippen LogP contribution >= 0.6 is 0 Å². The van der Waals surface area contributed by atoms with Crippen molar-refractivity contribution in [3.63, 3.8) is 0 Å². The van der Waals surface area contributed by atoms with E-state index < -0.39 is 0 Å². The molecule has 1 aliphatic rings. The lowest BCUT2D eigenvalue weighted by molar-refractivity contribution is 0.0990. The number of fused-ring (bicyclic) bond motifs is 1. The number of aromatic nitrogens is 5. The van der Waals surface area contributed by atoms with Gasteiger partial charge in [-0.3, -0.25) is 14.5 Å². The molecular formula is C24H26N6O2. The molecule has 0 radical (unpaired) electrons. The first-order valence-corrected chi connectivity index (χ1v) is 10.9. The van der Waals surface area contributed by atoms with Crippen LogP contribution in [0.15, 0.2) is 53.8 Å². The first-order valence-electron chi connectivity index (χ1n) is 10.9. The average molecular weight is 431 g/mol. The van der Waals surface area contributed by atoms with Gasteiger partial charge in [-0.2, -0.15) is 10.1 Å². The Kier molecular flexibility index (Phi) is 5.22. The van der Waals surface area contributed by atoms with E-state index in [1.807, 2.05) is 44.4 Å². The predicted molar refractivity (Wildman–Crippen MR) is 121 cm³/mol. The lowest BCUT2D eigenvalue weighted by Gasteiger charge is -2.27. The number of carbonyl (C=O) groups excluding carboxylic acids is 1. The smallest absolute Gasteiger partial charge is 0.280 e. The van der Waals surface area contributed by atoms with E-state index in [0.717, 1.165) is 48.0 Å². The summed E-state index contributed by atoms with van der Waals surface area (Å²) in [6.07, 6.45) is 6.57. The molecule has 2 N–H and O–H groups in total. The molecule has 1 aliphatic carbocycles. The van der Waals surface area contributed by atoms with Gasteiger partial charge in [-0.15, -0.1) is 0 Å². The van der Waals surface area contributed by atoms with Crippen LogP contribution in [0, 0.1) is 6.92 Å². The fraction of sp³-hybridized carbons (Fsp3) is 0.333. The van der Waals surface area contributed by atoms with Gasteiger partial charge in [-0.25, -0.2) is 0 Å². The Labute approximate surface area is 185 Å². The van der Waals surface area contributed by atoms with E-state index in [1.165, 1.54) is 0 Å². The minimum Gasteiger partial charge on any atom is -0.393 e. The number of nitrogens with zero attached hydrogens (tertiary/aromatic N) is 5. The van der Waals surface area contributed by atoms with Gasteiger partial charge in [0.05, 0.1) is 29.0 Å². The molecule has 164 valence electrons. The molecule has 8 nitrogen and oxygen atoms in total. The molecule has 0 bridgehead atoms. The van der Waals surface area contributed by atoms with Crippen LogP contribution in [-0.2, 0) is 7.05 Å². The Morgan fingerprint density at radius 3 is 2.72 bits per heavy atom. The van der Waals surface area contributed by atoms with Crippen molar-refractivity contribution in [1.82, 2.24) is 24.3 Å². The maximum absolute atomic E-state index is 13.2. The molecule has 1 aromatic carbocycles. The first kappa shape index (κ1) is 20.4. The topological polar surface area (TPSA) is 101 Å². The van der Waals surface area contributed by atoms with Crippen molar-refractivity contribution in [2.75, 3.05) is 0 Å². The van der Waals surface area contributed by atoms with E-state index in [-0.39, 0.29) is 18.1 Å². The molecule has 0 spiro atoms. The molecule has 0 aliphatic heterocycles. The van der Waals surface area contributed by atoms with E-state index in [4.69, 9.17) is 0 Å². The molecule has 0 atom stereocenters. The molecular weight excluding hydrogens is 404 g/mol. The highest BCUT2D eigenvalue weighted by Crippen LogP contribution is 2.29. The Bertz CT molecular complexity index is 1350. The number of H-pyrrole nitrogens is 1. The van der Waals surface area contributed by atoms with Gasteiger partial charge < -0.3 is 14.7 Å². The normalized spacial score (nSPS) is 19.5. The van der Waals surface area contributed by atoms with Crippen LogP contribution in [0.5, 0.6) is 0 Å². The standard InChI is InChI=1S/C24H26N6O2/c1-15-11-16(12-21(26-15)17-13-25-29(2)14-17)23(32)28-24-27-20-5-3-4-6-22(20)30(24)18-7-9-19(31)10-8-18/h3-6,11-14,18-19,31H,7-10H2,1-2H3,(H,27,28,32)/t18-,19+. The van der Waals surface area contributed by atoms with Crippen LogP contribution < -0.4 is 5.62 Å². The van der Waals surface area contributed by atoms with Crippen LogP contribution in [0.4, 0.5) is 0 Å². The molecule has 1 amide bonds. The number of amides is 1. The molecule has 0 unspecified atom stereocenters. The summed E-state index contributed by atoms with van der Waals surface area (Å²) in [4.78, 5) is 25.6. The minimum absolute atomic E-state index is 0.186. The number of aryl methyl sites for hydroxylation is 2. The van der Waals surface area contributed by atoms with E-state index in [9.17, 15) is 9.90 Å². The first-order chi connectivity index (χ1) is 15.5. The zero-order valence-electron chi connectivity index (χ0n) is 18.2. The summed E-state index contributed by atoms with van der Waals surface area (Å²) in [7, 11) is 1.85. The van der Waals surface area contributed by atoms with Crippen LogP contribution in [0.3, 0.4) is 0 Å². The molecule has 1 fully saturated rings. The molecule has 3 heterocycles. The van der Waals surface area contributed by atoms with Gasteiger partial charge in [0.2, 0.25) is 5.62 Å². The SMILES string of the molecule is Cc1cc(C(=O)/N=c2\[nH]c3ccccc3n2[C@H]2CC[C@@H](O)CC2)cc(-c2cnn(C)c2)n1. The second-order valence-electron chi connectivity index (χ2n) is 8.50. The van der Waals surface area contributed by atoms with Crippen LogP contribution in [-0.4, -0.2) is 41.4 Å². The summed E-state index contributed by atoms with van der Waals surface area (Å²) in [5.41, 5.74) is 5.27. The molecule has 0 saturated heterocycles. The van der Waals surface area contributed by atoms with Crippen molar-refractivity contribution in [2.45, 2.75) is 44.8 Å². The van der Waals surface area contributed by atoms with Crippen LogP contribution in [0.25, 0.3) is 22.3 Å². The molecule has 8 heteroatoms. The number of hydrogen-bond donors (Lipinski definition) is 2. The van der Waals surface area contributed by atoms with Crippen molar-refractivity contribution in [3.05, 3.63) is 65.7 Å². The van der Waals surface area contributed by atoms with Crippen molar-refractivity contribution in [1.29, 1.82) is 0 Å². The summed E-state index contributed by atoms with van der Waals surface area (Å²) in [6, 6.07) is 11.7. The van der Waals surface area contributed by atoms with Crippen LogP contribution in [0.1, 0.15) is 47.8 Å². The third kappa shape index (κ3) is 3.89. The molecule has 1 saturated carbocycles. The maximum atomic E-state index is 13.2. The summed E-state index contributed by atoms with van der Waals surface area (Å²) in [5, 5.41) is 14.1. The second-order valence-corrected chi connectivity index (χ2v) is 8.50. The Balaban J connectivity index is 1.58. The van der Waals surface area contributed by atoms with E-state index in [0.29, 0.717) is 16.9 Å². The maximum Gasteiger partial charge on any atom is 0.280 e. The summed E-state index contributed by atoms with van der Waals surface area (Å²) in [5.74, 6) is -0.322. The predicted octanol–water partition coefficient (Wildman–Crippen LogP) is 3.29. The monoisotopic (exact) mass is 430 g/mol. The Morgan fingerprint density at radius 2 is 1.97 bits per heavy atom. The van der Waals surface area contributed by atoms with Crippen LogP contribution in [0.2, 0.25) is 0 Å². The quantitative estimate of drug-likeness (QED) is 0.521. The lowest BCUT2D eigenvalue weighted by Crippen LogP contribution is -2.29. The third-order valence-electron chi connectivity index (χ3n) is 6.08. The largest absolute Gasteiger partial charge is 0.393 e. The number of carbonyl (C=O) groups is 1. The molecule has 3 aromatic heterocycles. The highest BCUT2D eigenvalue weighted by atomic mass is 16.3. The van der Waals surface area contributed by atoms with Crippen molar-refractivity contribution in [2.24, 2.45) is 12.0 Å². The number of nitrogens with one attached hydrogen (secondary N) is 1. The number of aliphatic hydroxyl groups is 1. The number of hydrogen-bond acceptors (Lipinski definition) is 4. The van der Waals surface area contributed by atoms with E-state index >= 15 is 0 Å². The van der Waals surface area contributed by atoms with Gasteiger partial charge in [0, 0.05) is 36.1 Å². The zero-order valence-corrected chi connectivity index (χ0v) is 18.2. The fourth-order valence-electron chi connectivity index (χ4n) is 4.51. The van der Waals surface area contributed by atoms with Gasteiger partial charge in [-0.1, -0.05) is 12.1 Å². The number of aliphatic hydroxyl groups excluding tert-OH is 1. The fourth-order valence-corrected chi connectivity index (χ4v) is 4.51. The van der Waals surface area contributed by atoms with Gasteiger partial charge >= 0.3 is 0 Å². The second kappa shape index (κ2) is 8.20. The zero-order chi connectivity index (χ0) is 22.2. The Morgan fingerprint density at radius 1 is 1.19 bits per heavy atom. The highest BCUT2D eigenvalue weighted by molar-refractivity contribution is 5.96. The summed E-state index contributed by atoms with van der Waals surface area (Å²) < 4.78 is 3.83. The van der Waals surface area contributed by atoms with E-state index in [2.05, 4.69) is 24.6 Å². The number of imidazole rings is 1. The number of pyridine rings is 1. The molecule has 4 aromatic rings. The number of rotatable bonds is 3. The number of aromatic amines is 1. The van der Waals surface area contributed by atoms with Crippen molar-refractivity contribution in [3.8, 4) is 11.3 Å². The summed E-state index contributed by atoms with van der Waals surface area (Å²) >= 11 is 0. The van der Waals surface area contributed by atoms with Crippen molar-refractivity contribution >= 4 is 16.9 Å². The highest BCUT2D eigenvalue weighted by Gasteiger charge is 2.23. The van der Waals surface area contributed by atoms with Gasteiger partial charge in [-0.05, 0) is 56.9 Å². The average Bonchev–Trinajstić information content (AvgIpc) is 3.37. The van der Waals surface area contributed by atoms with E-state index in [1.54, 1.807) is 23.0 Å². The molecule has 5 rings (SSSR count). The van der Waals surface area contributed by atoms with Gasteiger partial charge in [0.15, 0.2) is 0 Å². The molecule has 32 heavy (non-hydrogen) atoms. The lowest BCUT2D eigenvalue weighted by atomic mass is 9.93. The number of benzene rings is 1. The Hall–Kier alpha value is -3.52. The summed E-state index contributed by atoms with van der Waals surface area (Å²) in [6.45, 7) is 1.87. The van der Waals surface area contributed by atoms with Crippen molar-refractivity contribution < 1.29 is 9.90 Å². The van der Waals surface area contributed by atoms with Gasteiger partial charge in [0.1, 0.15) is 0 Å². The third-order valence-corrected chi connectivity index (χ3v) is 6.08. The number of para-hydroxylation sites is 2. The minimum atomic E-state index is -0.322.